The van der Waals surface area contributed by atoms with Crippen molar-refractivity contribution in [2.24, 2.45) is 0 Å². The van der Waals surface area contributed by atoms with E-state index in [0.29, 0.717) is 9.13 Å². The molecule has 0 radical (unpaired) electrons. The Morgan fingerprint density at radius 1 is 0.612 bits per heavy atom. The Morgan fingerprint density at radius 3 is 1.24 bits per heavy atom. The number of nitrogens with one attached hydrogen (secondary N) is 2. The molecule has 0 aromatic carbocycles. The summed E-state index contributed by atoms with van der Waals surface area (Å²) in [6, 6.07) is 1.79. The monoisotopic (exact) mass is 802 g/mol. The molecule has 2 aliphatic heterocycles. The Morgan fingerprint density at radius 2 is 0.939 bits per heavy atom. The maximum atomic E-state index is 12.2. The van der Waals surface area contributed by atoms with Gasteiger partial charge in [-0.15, -0.1) is 0 Å². The van der Waals surface area contributed by atoms with Gasteiger partial charge >= 0.3 is 153 Å². The van der Waals surface area contributed by atoms with Crippen LogP contribution in [0.5, 0.6) is 0 Å². The maximum absolute atomic E-state index is 12.2. The second-order valence-corrected chi connectivity index (χ2v) is 13.9. The number of aliphatic hydroxyl groups is 4. The number of phosphoric ester groups is 2. The van der Waals surface area contributed by atoms with Crippen molar-refractivity contribution in [1.82, 2.24) is 19.1 Å². The summed E-state index contributed by atoms with van der Waals surface area (Å²) < 4.78 is 65.2. The van der Waals surface area contributed by atoms with Gasteiger partial charge in [0.15, 0.2) is 12.5 Å². The van der Waals surface area contributed by atoms with E-state index < -0.39 is 108 Å². The third-order valence-corrected chi connectivity index (χ3v) is 10.4. The average Bonchev–Trinajstić information content (AvgIpc) is 3.35. The number of hydrogen-bond donors (Lipinski definition) is 9. The summed E-state index contributed by atoms with van der Waals surface area (Å²) in [7, 11) is -17.4. The fourth-order valence-corrected chi connectivity index (χ4v) is 7.63. The zero-order chi connectivity index (χ0) is 33.5. The minimum Gasteiger partial charge on any atom is -0.387 e. The van der Waals surface area contributed by atoms with Gasteiger partial charge in [0.1, 0.15) is 36.6 Å². The van der Waals surface area contributed by atoms with Crippen molar-refractivity contribution in [3.8, 4) is 0 Å². The van der Waals surface area contributed by atoms with Gasteiger partial charge in [0.25, 0.3) is 11.1 Å². The van der Waals surface area contributed by atoms with Crippen LogP contribution in [0.2, 0.25) is 0 Å². The Kier molecular flexibility index (Phi) is 21.1. The van der Waals surface area contributed by atoms with Crippen LogP contribution in [-0.2, 0) is 40.8 Å². The van der Waals surface area contributed by atoms with Crippen molar-refractivity contribution in [2.75, 3.05) is 13.2 Å². The molecule has 49 heavy (non-hydrogen) atoms. The van der Waals surface area contributed by atoms with E-state index in [1.165, 1.54) is 0 Å². The van der Waals surface area contributed by atoms with Gasteiger partial charge in [-0.05, 0) is 0 Å². The van der Waals surface area contributed by atoms with Crippen LogP contribution < -0.4 is 141 Å². The van der Waals surface area contributed by atoms with Crippen molar-refractivity contribution >= 4 is 23.5 Å². The molecule has 2 fully saturated rings. The number of aromatic nitrogens is 4. The molecule has 2 aromatic rings. The molecule has 2 aromatic heterocycles. The van der Waals surface area contributed by atoms with Gasteiger partial charge in [-0.3, -0.25) is 37.7 Å². The van der Waals surface area contributed by atoms with Gasteiger partial charge in [0, 0.05) is 24.5 Å². The Balaban J connectivity index is 0.00000576. The number of phosphoric acid groups is 3. The van der Waals surface area contributed by atoms with E-state index in [2.05, 4.69) is 17.7 Å². The van der Waals surface area contributed by atoms with Crippen LogP contribution in [0.15, 0.2) is 43.7 Å². The Labute approximate surface area is 361 Å². The molecule has 4 rings (SSSR count). The van der Waals surface area contributed by atoms with Crippen LogP contribution in [-0.4, -0.2) is 104 Å². The van der Waals surface area contributed by atoms with Gasteiger partial charge in [-0.1, -0.05) is 0 Å². The summed E-state index contributed by atoms with van der Waals surface area (Å²) >= 11 is 0. The second-order valence-electron chi connectivity index (χ2n) is 9.29. The minimum atomic E-state index is -6.00. The molecule has 0 amide bonds. The molecule has 0 spiro atoms. The number of nitrogens with zero attached hydrogens (tertiary/aromatic N) is 2. The van der Waals surface area contributed by atoms with Crippen LogP contribution in [0.3, 0.4) is 0 Å². The van der Waals surface area contributed by atoms with Crippen LogP contribution >= 0.6 is 23.5 Å². The molecule has 10 atom stereocenters. The number of H-pyrrole nitrogens is 2. The smallest absolute Gasteiger partial charge is 0.387 e. The fraction of sp³-hybridized carbons (Fsp3) is 0.556. The van der Waals surface area contributed by atoms with Crippen molar-refractivity contribution in [2.45, 2.75) is 49.1 Å². The third kappa shape index (κ3) is 13.4. The van der Waals surface area contributed by atoms with Crippen molar-refractivity contribution in [3.63, 3.8) is 0 Å². The predicted molar refractivity (Wildman–Crippen MR) is 138 cm³/mol. The Hall–Kier alpha value is 1.53. The second kappa shape index (κ2) is 20.4. The molecule has 31 heteroatoms. The van der Waals surface area contributed by atoms with E-state index in [4.69, 9.17) is 9.47 Å². The van der Waals surface area contributed by atoms with Crippen LogP contribution in [0.4, 0.5) is 0 Å². The van der Waals surface area contributed by atoms with Crippen molar-refractivity contribution < 1.29 is 194 Å². The average molecular weight is 802 g/mol. The van der Waals surface area contributed by atoms with Gasteiger partial charge < -0.3 is 44.6 Å². The largest absolute Gasteiger partial charge is 1.00 e. The molecule has 9 N–H and O–H groups in total. The van der Waals surface area contributed by atoms with E-state index in [-0.39, 0.29) is 118 Å². The fourth-order valence-electron chi connectivity index (χ4n) is 4.11. The first-order valence-corrected chi connectivity index (χ1v) is 16.6. The molecule has 4 heterocycles. The summed E-state index contributed by atoms with van der Waals surface area (Å²) in [5.74, 6) is 0. The number of aliphatic hydroxyl groups excluding tert-OH is 4. The molecule has 2 aliphatic rings. The van der Waals surface area contributed by atoms with Crippen LogP contribution in [0, 0.1) is 0 Å². The molecule has 252 valence electrons. The quantitative estimate of drug-likeness (QED) is 0.0710. The molecule has 0 bridgehead atoms. The first-order chi connectivity index (χ1) is 20.8. The van der Waals surface area contributed by atoms with Crippen LogP contribution in [0.1, 0.15) is 12.5 Å². The molecular weight excluding hydrogens is 777 g/mol. The number of rotatable bonds is 12. The summed E-state index contributed by atoms with van der Waals surface area (Å²) in [4.78, 5) is 79.5. The van der Waals surface area contributed by atoms with E-state index in [0.717, 1.165) is 24.5 Å². The van der Waals surface area contributed by atoms with Gasteiger partial charge in [0.2, 0.25) is 0 Å². The molecule has 24 nitrogen and oxygen atoms in total. The van der Waals surface area contributed by atoms with E-state index >= 15 is 0 Å². The van der Waals surface area contributed by atoms with E-state index in [1.807, 2.05) is 9.97 Å². The first kappa shape index (κ1) is 50.5. The Bertz CT molecular complexity index is 1670. The summed E-state index contributed by atoms with van der Waals surface area (Å²) in [5.41, 5.74) is -3.65. The predicted octanol–water partition coefficient (Wildman–Crippen LogP) is -16.3. The minimum absolute atomic E-state index is 0. The maximum Gasteiger partial charge on any atom is 1.00 e. The van der Waals surface area contributed by atoms with Crippen molar-refractivity contribution in [3.05, 3.63) is 66.2 Å². The van der Waals surface area contributed by atoms with Gasteiger partial charge in [0.05, 0.1) is 13.2 Å². The van der Waals surface area contributed by atoms with Gasteiger partial charge in [-0.2, -0.15) is 8.62 Å². The topological polar surface area (TPSA) is 358 Å². The third-order valence-electron chi connectivity index (χ3n) is 6.14. The normalized spacial score (nSPS) is 29.9. The summed E-state index contributed by atoms with van der Waals surface area (Å²) in [6.45, 7) is -2.26. The van der Waals surface area contributed by atoms with E-state index in [9.17, 15) is 68.0 Å². The zero-order valence-corrected chi connectivity index (χ0v) is 36.7. The molecule has 0 aliphatic carbocycles. The van der Waals surface area contributed by atoms with Gasteiger partial charge in [-0.25, -0.2) is 23.3 Å². The zero-order valence-electron chi connectivity index (χ0n) is 26.0. The van der Waals surface area contributed by atoms with E-state index in [1.54, 1.807) is 0 Å². The molecular formula is C18H25N4Na4O20P3+4. The summed E-state index contributed by atoms with van der Waals surface area (Å²) in [5, 5.41) is 40.7. The van der Waals surface area contributed by atoms with Crippen molar-refractivity contribution in [1.29, 1.82) is 0 Å². The number of ether oxygens (including phenoxy) is 2. The SMILES string of the molecule is O=c1ccn([C@@H]2O[C@H](COP(=O)(O)OP(=O)(O)OP(=O)(O)OC[C@H]3O[C@@H](n4ccc(=O)[nH]c4=O)[C@H](O)[C@@H]3O)[C@@H](O)[C@H]2O)c(=O)[nH]1.[Na+].[Na+].[Na+].[Na+]. The number of hydrogen-bond acceptors (Lipinski definition) is 17. The first-order valence-electron chi connectivity index (χ1n) is 12.2. The number of aromatic amines is 2. The molecule has 2 unspecified atom stereocenters. The summed E-state index contributed by atoms with van der Waals surface area (Å²) in [6.07, 6.45) is -12.1. The standard InChI is InChI=1S/C18H25N4O20P3.4Na/c23-9-1-3-21(17(29)19-9)15-13(27)11(25)7(39-15)5-37-43(31,32)41-45(35,36)42-44(33,34)38-6-8-12(26)14(28)16(40-8)22-4-2-10(24)20-18(22)30;;;;/h1-4,7-8,11-16,25-28H,5-6H2,(H,31,32)(H,33,34)(H,35,36)(H,19,23,29)(H,20,24,30);;;;/q;4*+1/t7-,8-,11-,12-,13-,14-,15-,16-;;;;/m1..../s1. The molecule has 0 saturated carbocycles. The molecule has 2 saturated heterocycles. The van der Waals surface area contributed by atoms with Crippen LogP contribution in [0.25, 0.3) is 0 Å².